The zero-order valence-corrected chi connectivity index (χ0v) is 24.3. The van der Waals surface area contributed by atoms with E-state index in [1.54, 1.807) is 12.1 Å². The zero-order chi connectivity index (χ0) is 31.7. The van der Waals surface area contributed by atoms with Crippen LogP contribution in [0.3, 0.4) is 0 Å². The lowest BCUT2D eigenvalue weighted by molar-refractivity contribution is -0.384. The molecule has 1 atom stereocenters. The van der Waals surface area contributed by atoms with Crippen molar-refractivity contribution in [2.45, 2.75) is 23.8 Å². The summed E-state index contributed by atoms with van der Waals surface area (Å²) in [5.74, 6) is -2.28. The van der Waals surface area contributed by atoms with E-state index in [4.69, 9.17) is 14.2 Å². The molecule has 0 aromatic heterocycles. The van der Waals surface area contributed by atoms with E-state index in [-0.39, 0.29) is 80.7 Å². The third-order valence-electron chi connectivity index (χ3n) is 6.67. The van der Waals surface area contributed by atoms with Gasteiger partial charge in [0, 0.05) is 37.3 Å². The van der Waals surface area contributed by atoms with Crippen molar-refractivity contribution in [1.29, 1.82) is 0 Å². The maximum atomic E-state index is 13.1. The van der Waals surface area contributed by atoms with E-state index in [0.29, 0.717) is 12.2 Å². The number of piperidine rings is 1. The summed E-state index contributed by atoms with van der Waals surface area (Å²) in [5, 5.41) is 15.9. The predicted molar refractivity (Wildman–Crippen MR) is 152 cm³/mol. The maximum absolute atomic E-state index is 13.1. The normalized spacial score (nSPS) is 16.6. The summed E-state index contributed by atoms with van der Waals surface area (Å²) < 4.78 is 43.0. The lowest BCUT2D eigenvalue weighted by Gasteiger charge is -2.27. The van der Waals surface area contributed by atoms with Crippen molar-refractivity contribution in [3.63, 3.8) is 0 Å². The van der Waals surface area contributed by atoms with E-state index in [2.05, 4.69) is 15.4 Å². The molecule has 0 spiro atoms. The van der Waals surface area contributed by atoms with Crippen LogP contribution >= 0.6 is 0 Å². The lowest BCUT2D eigenvalue weighted by Crippen LogP contribution is -2.54. The molecule has 2 aromatic rings. The molecule has 17 heteroatoms. The molecule has 0 saturated carbocycles. The maximum Gasteiger partial charge on any atom is 0.269 e. The molecule has 16 nitrogen and oxygen atoms in total. The smallest absolute Gasteiger partial charge is 0.269 e. The van der Waals surface area contributed by atoms with E-state index in [0.717, 1.165) is 29.2 Å². The van der Waals surface area contributed by atoms with Gasteiger partial charge < -0.3 is 19.5 Å². The third-order valence-corrected chi connectivity index (χ3v) is 8.15. The van der Waals surface area contributed by atoms with Gasteiger partial charge in [-0.1, -0.05) is 6.07 Å². The SMILES string of the molecule is O=C1CCC(N2C(=O)c3cccc(NCCOCCOCCOCCNS(=O)(=O)c4ccc([N+](=O)[O-])cc4)c3C2=O)C(=O)N1. The Labute approximate surface area is 252 Å². The Balaban J connectivity index is 1.07. The number of anilines is 1. The second kappa shape index (κ2) is 14.9. The van der Waals surface area contributed by atoms with Gasteiger partial charge in [-0.3, -0.25) is 39.5 Å². The third kappa shape index (κ3) is 8.00. The summed E-state index contributed by atoms with van der Waals surface area (Å²) in [7, 11) is -3.82. The molecule has 4 rings (SSSR count). The van der Waals surface area contributed by atoms with Gasteiger partial charge in [0.1, 0.15) is 6.04 Å². The van der Waals surface area contributed by atoms with Crippen LogP contribution in [0.2, 0.25) is 0 Å². The van der Waals surface area contributed by atoms with Gasteiger partial charge in [-0.15, -0.1) is 0 Å². The number of hydrogen-bond acceptors (Lipinski definition) is 12. The Bertz CT molecular complexity index is 1510. The molecule has 236 valence electrons. The van der Waals surface area contributed by atoms with E-state index in [9.17, 15) is 37.7 Å². The van der Waals surface area contributed by atoms with E-state index in [1.807, 2.05) is 0 Å². The number of nitro groups is 1. The second-order valence-corrected chi connectivity index (χ2v) is 11.4. The number of hydrogen-bond donors (Lipinski definition) is 3. The van der Waals surface area contributed by atoms with Crippen LogP contribution in [0.25, 0.3) is 0 Å². The molecule has 44 heavy (non-hydrogen) atoms. The molecular weight excluding hydrogens is 602 g/mol. The first kappa shape index (κ1) is 32.6. The Kier molecular flexibility index (Phi) is 11.1. The number of imide groups is 2. The molecule has 0 aliphatic carbocycles. The number of fused-ring (bicyclic) bond motifs is 1. The number of ether oxygens (including phenoxy) is 3. The zero-order valence-electron chi connectivity index (χ0n) is 23.5. The minimum absolute atomic E-state index is 0.00869. The number of nitrogens with one attached hydrogen (secondary N) is 3. The molecule has 0 bridgehead atoms. The van der Waals surface area contributed by atoms with Crippen molar-refractivity contribution in [3.05, 3.63) is 63.7 Å². The molecule has 2 aromatic carbocycles. The predicted octanol–water partition coefficient (Wildman–Crippen LogP) is 0.436. The van der Waals surface area contributed by atoms with Crippen LogP contribution in [0.15, 0.2) is 47.4 Å². The standard InChI is InChI=1S/C27H31N5O11S/c33-23-9-8-22(25(34)30-23)31-26(35)20-2-1-3-21(24(20)27(31)36)28-10-12-41-14-16-43-17-15-42-13-11-29-44(39,40)19-6-4-18(5-7-19)32(37)38/h1-7,22,28-29H,8-17H2,(H,30,33,34). The van der Waals surface area contributed by atoms with Crippen LogP contribution in [-0.2, 0) is 33.8 Å². The number of sulfonamides is 1. The summed E-state index contributed by atoms with van der Waals surface area (Å²) in [6.45, 7) is 1.76. The fourth-order valence-electron chi connectivity index (χ4n) is 4.54. The first-order valence-corrected chi connectivity index (χ1v) is 15.1. The molecule has 4 amide bonds. The summed E-state index contributed by atoms with van der Waals surface area (Å²) >= 11 is 0. The molecule has 2 aliphatic rings. The van der Waals surface area contributed by atoms with Crippen LogP contribution in [0.4, 0.5) is 11.4 Å². The molecule has 2 heterocycles. The van der Waals surface area contributed by atoms with Gasteiger partial charge in [0.25, 0.3) is 17.5 Å². The minimum atomic E-state index is -3.82. The van der Waals surface area contributed by atoms with Gasteiger partial charge in [0.05, 0.1) is 60.6 Å². The quantitative estimate of drug-likeness (QED) is 0.0937. The highest BCUT2D eigenvalue weighted by molar-refractivity contribution is 7.89. The Hall–Kier alpha value is -4.29. The number of carbonyl (C=O) groups is 4. The van der Waals surface area contributed by atoms with E-state index in [1.165, 1.54) is 6.07 Å². The summed E-state index contributed by atoms with van der Waals surface area (Å²) in [5.41, 5.74) is 0.581. The van der Waals surface area contributed by atoms with E-state index < -0.39 is 44.6 Å². The highest BCUT2D eigenvalue weighted by Gasteiger charge is 2.45. The van der Waals surface area contributed by atoms with Gasteiger partial charge in [0.15, 0.2) is 0 Å². The number of carbonyl (C=O) groups excluding carboxylic acids is 4. The van der Waals surface area contributed by atoms with Crippen LogP contribution in [0, 0.1) is 10.1 Å². The fourth-order valence-corrected chi connectivity index (χ4v) is 5.55. The molecule has 2 aliphatic heterocycles. The highest BCUT2D eigenvalue weighted by Crippen LogP contribution is 2.32. The number of benzene rings is 2. The topological polar surface area (TPSA) is 213 Å². The van der Waals surface area contributed by atoms with Gasteiger partial charge in [0.2, 0.25) is 21.8 Å². The largest absolute Gasteiger partial charge is 0.382 e. The summed E-state index contributed by atoms with van der Waals surface area (Å²) in [6, 6.07) is 8.30. The number of non-ortho nitro benzene ring substituents is 1. The van der Waals surface area contributed by atoms with Crippen LogP contribution in [0.5, 0.6) is 0 Å². The van der Waals surface area contributed by atoms with Gasteiger partial charge in [-0.05, 0) is 30.7 Å². The molecule has 1 fully saturated rings. The lowest BCUT2D eigenvalue weighted by atomic mass is 10.0. The monoisotopic (exact) mass is 633 g/mol. The fraction of sp³-hybridized carbons (Fsp3) is 0.407. The Morgan fingerprint density at radius 3 is 2.16 bits per heavy atom. The van der Waals surface area contributed by atoms with Crippen LogP contribution < -0.4 is 15.4 Å². The second-order valence-electron chi connectivity index (χ2n) is 9.59. The van der Waals surface area contributed by atoms with E-state index >= 15 is 0 Å². The first-order valence-electron chi connectivity index (χ1n) is 13.7. The first-order chi connectivity index (χ1) is 21.1. The Morgan fingerprint density at radius 1 is 0.886 bits per heavy atom. The van der Waals surface area contributed by atoms with Gasteiger partial charge >= 0.3 is 0 Å². The van der Waals surface area contributed by atoms with Gasteiger partial charge in [-0.2, -0.15) is 0 Å². The molecule has 0 radical (unpaired) electrons. The van der Waals surface area contributed by atoms with Crippen molar-refractivity contribution in [3.8, 4) is 0 Å². The van der Waals surface area contributed by atoms with Crippen LogP contribution in [-0.4, -0.2) is 101 Å². The van der Waals surface area contributed by atoms with Crippen molar-refractivity contribution in [2.75, 3.05) is 58.0 Å². The van der Waals surface area contributed by atoms with Gasteiger partial charge in [-0.25, -0.2) is 13.1 Å². The van der Waals surface area contributed by atoms with Crippen molar-refractivity contribution < 1.29 is 46.7 Å². The number of nitro benzene ring substituents is 1. The molecule has 3 N–H and O–H groups in total. The van der Waals surface area contributed by atoms with Crippen LogP contribution in [0.1, 0.15) is 33.6 Å². The number of rotatable bonds is 17. The highest BCUT2D eigenvalue weighted by atomic mass is 32.2. The Morgan fingerprint density at radius 2 is 1.52 bits per heavy atom. The summed E-state index contributed by atoms with van der Waals surface area (Å²) in [6.07, 6.45) is 0.120. The number of nitrogens with zero attached hydrogens (tertiary/aromatic N) is 2. The number of amides is 4. The molecule has 1 unspecified atom stereocenters. The molecular formula is C27H31N5O11S. The average Bonchev–Trinajstić information content (AvgIpc) is 3.25. The van der Waals surface area contributed by atoms with Crippen molar-refractivity contribution >= 4 is 45.0 Å². The summed E-state index contributed by atoms with van der Waals surface area (Å²) in [4.78, 5) is 60.6. The minimum Gasteiger partial charge on any atom is -0.382 e. The molecule has 1 saturated heterocycles. The van der Waals surface area contributed by atoms with Crippen molar-refractivity contribution in [1.82, 2.24) is 14.9 Å². The average molecular weight is 634 g/mol. The van der Waals surface area contributed by atoms with Crippen molar-refractivity contribution in [2.24, 2.45) is 0 Å².